The molecule has 3 heteroatoms. The average Bonchev–Trinajstić information content (AvgIpc) is 2.71. The molecule has 1 atom stereocenters. The minimum atomic E-state index is 0.119. The highest BCUT2D eigenvalue weighted by molar-refractivity contribution is 7.07. The van der Waals surface area contributed by atoms with Crippen molar-refractivity contribution in [3.8, 4) is 0 Å². The van der Waals surface area contributed by atoms with Crippen LogP contribution in [0.15, 0.2) is 16.8 Å². The monoisotopic (exact) mass is 225 g/mol. The zero-order chi connectivity index (χ0) is 10.7. The van der Waals surface area contributed by atoms with Crippen LogP contribution in [0.1, 0.15) is 25.3 Å². The highest BCUT2D eigenvalue weighted by atomic mass is 32.1. The second-order valence-corrected chi connectivity index (χ2v) is 5.69. The lowest BCUT2D eigenvalue weighted by Gasteiger charge is -2.39. The molecule has 0 radical (unpaired) electrons. The number of thiophene rings is 1. The van der Waals surface area contributed by atoms with Gasteiger partial charge in [-0.15, -0.1) is 0 Å². The summed E-state index contributed by atoms with van der Waals surface area (Å²) in [4.78, 5) is 2.46. The van der Waals surface area contributed by atoms with Crippen LogP contribution in [0.5, 0.6) is 0 Å². The SMILES string of the molecule is CC1(CO)CCCN(Cc2ccsc2)C1. The predicted octanol–water partition coefficient (Wildman–Crippen LogP) is 2.34. The Kier molecular flexibility index (Phi) is 3.44. The van der Waals surface area contributed by atoms with E-state index in [0.717, 1.165) is 19.5 Å². The number of hydrogen-bond acceptors (Lipinski definition) is 3. The van der Waals surface area contributed by atoms with Gasteiger partial charge in [-0.05, 0) is 41.8 Å². The van der Waals surface area contributed by atoms with Crippen LogP contribution in [0.2, 0.25) is 0 Å². The molecule has 2 heterocycles. The Bertz CT molecular complexity index is 299. The third-order valence-corrected chi connectivity index (χ3v) is 3.96. The minimum Gasteiger partial charge on any atom is -0.396 e. The Labute approximate surface area is 95.5 Å². The number of aliphatic hydroxyl groups is 1. The van der Waals surface area contributed by atoms with E-state index in [1.165, 1.54) is 18.5 Å². The molecule has 1 aromatic heterocycles. The van der Waals surface area contributed by atoms with Gasteiger partial charge in [0, 0.05) is 25.1 Å². The molecular weight excluding hydrogens is 206 g/mol. The zero-order valence-electron chi connectivity index (χ0n) is 9.28. The van der Waals surface area contributed by atoms with Gasteiger partial charge in [0.05, 0.1) is 0 Å². The van der Waals surface area contributed by atoms with Crippen LogP contribution >= 0.6 is 11.3 Å². The van der Waals surface area contributed by atoms with Crippen LogP contribution in [0, 0.1) is 5.41 Å². The van der Waals surface area contributed by atoms with Crippen LogP contribution in [-0.2, 0) is 6.54 Å². The largest absolute Gasteiger partial charge is 0.396 e. The van der Waals surface area contributed by atoms with Crippen LogP contribution in [0.4, 0.5) is 0 Å². The first-order valence-corrected chi connectivity index (χ1v) is 6.50. The van der Waals surface area contributed by atoms with Gasteiger partial charge in [-0.3, -0.25) is 4.90 Å². The first kappa shape index (κ1) is 11.1. The maximum atomic E-state index is 9.37. The average molecular weight is 225 g/mol. The van der Waals surface area contributed by atoms with E-state index in [1.807, 2.05) is 0 Å². The van der Waals surface area contributed by atoms with Gasteiger partial charge in [-0.25, -0.2) is 0 Å². The van der Waals surface area contributed by atoms with Crippen molar-refractivity contribution in [3.05, 3.63) is 22.4 Å². The third-order valence-electron chi connectivity index (χ3n) is 3.23. The van der Waals surface area contributed by atoms with Crippen molar-refractivity contribution in [3.63, 3.8) is 0 Å². The van der Waals surface area contributed by atoms with Gasteiger partial charge in [0.1, 0.15) is 0 Å². The fourth-order valence-electron chi connectivity index (χ4n) is 2.33. The number of aliphatic hydroxyl groups excluding tert-OH is 1. The van der Waals surface area contributed by atoms with Crippen LogP contribution in [0.3, 0.4) is 0 Å². The lowest BCUT2D eigenvalue weighted by Crippen LogP contribution is -2.43. The maximum Gasteiger partial charge on any atom is 0.0497 e. The van der Waals surface area contributed by atoms with Gasteiger partial charge in [-0.2, -0.15) is 11.3 Å². The Hall–Kier alpha value is -0.380. The van der Waals surface area contributed by atoms with E-state index in [1.54, 1.807) is 11.3 Å². The molecule has 15 heavy (non-hydrogen) atoms. The number of hydrogen-bond donors (Lipinski definition) is 1. The first-order chi connectivity index (χ1) is 7.22. The maximum absolute atomic E-state index is 9.37. The van der Waals surface area contributed by atoms with E-state index < -0.39 is 0 Å². The summed E-state index contributed by atoms with van der Waals surface area (Å²) in [5.74, 6) is 0. The summed E-state index contributed by atoms with van der Waals surface area (Å²) in [6.45, 7) is 5.74. The van der Waals surface area contributed by atoms with Gasteiger partial charge in [-0.1, -0.05) is 6.92 Å². The zero-order valence-corrected chi connectivity index (χ0v) is 10.1. The molecule has 0 spiro atoms. The molecule has 1 fully saturated rings. The van der Waals surface area contributed by atoms with E-state index in [2.05, 4.69) is 28.7 Å². The first-order valence-electron chi connectivity index (χ1n) is 5.56. The van der Waals surface area contributed by atoms with Crippen molar-refractivity contribution in [2.24, 2.45) is 5.41 Å². The van der Waals surface area contributed by atoms with E-state index in [0.29, 0.717) is 6.61 Å². The Morgan fingerprint density at radius 2 is 2.47 bits per heavy atom. The van der Waals surface area contributed by atoms with Crippen molar-refractivity contribution in [1.29, 1.82) is 0 Å². The molecule has 1 N–H and O–H groups in total. The molecular formula is C12H19NOS. The van der Waals surface area contributed by atoms with Gasteiger partial charge < -0.3 is 5.11 Å². The molecule has 0 saturated carbocycles. The van der Waals surface area contributed by atoms with Crippen LogP contribution < -0.4 is 0 Å². The van der Waals surface area contributed by atoms with Gasteiger partial charge >= 0.3 is 0 Å². The van der Waals surface area contributed by atoms with Gasteiger partial charge in [0.15, 0.2) is 0 Å². The number of likely N-dealkylation sites (tertiary alicyclic amines) is 1. The molecule has 1 unspecified atom stereocenters. The molecule has 0 amide bonds. The third kappa shape index (κ3) is 2.80. The molecule has 84 valence electrons. The molecule has 1 aromatic rings. The summed E-state index contributed by atoms with van der Waals surface area (Å²) < 4.78 is 0. The molecule has 2 nitrogen and oxygen atoms in total. The van der Waals surface area contributed by atoms with E-state index in [-0.39, 0.29) is 5.41 Å². The molecule has 1 aliphatic rings. The van der Waals surface area contributed by atoms with E-state index in [9.17, 15) is 5.11 Å². The summed E-state index contributed by atoms with van der Waals surface area (Å²) in [6, 6.07) is 2.19. The van der Waals surface area contributed by atoms with Gasteiger partial charge in [0.25, 0.3) is 0 Å². The summed E-state index contributed by atoms with van der Waals surface area (Å²) in [6.07, 6.45) is 2.37. The van der Waals surface area contributed by atoms with Crippen molar-refractivity contribution in [1.82, 2.24) is 4.90 Å². The Morgan fingerprint density at radius 3 is 3.13 bits per heavy atom. The number of nitrogens with zero attached hydrogens (tertiary/aromatic N) is 1. The predicted molar refractivity (Wildman–Crippen MR) is 64.0 cm³/mol. The van der Waals surface area contributed by atoms with Gasteiger partial charge in [0.2, 0.25) is 0 Å². The summed E-state index contributed by atoms with van der Waals surface area (Å²) in [7, 11) is 0. The number of rotatable bonds is 3. The highest BCUT2D eigenvalue weighted by Crippen LogP contribution is 2.29. The van der Waals surface area contributed by atoms with E-state index >= 15 is 0 Å². The molecule has 0 aliphatic carbocycles. The second kappa shape index (κ2) is 4.64. The summed E-state index contributed by atoms with van der Waals surface area (Å²) in [5.41, 5.74) is 1.52. The normalized spacial score (nSPS) is 28.1. The topological polar surface area (TPSA) is 23.5 Å². The fraction of sp³-hybridized carbons (Fsp3) is 0.667. The minimum absolute atomic E-state index is 0.119. The molecule has 0 bridgehead atoms. The summed E-state index contributed by atoms with van der Waals surface area (Å²) >= 11 is 1.76. The summed E-state index contributed by atoms with van der Waals surface area (Å²) in [5, 5.41) is 13.7. The Morgan fingerprint density at radius 1 is 1.60 bits per heavy atom. The highest BCUT2D eigenvalue weighted by Gasteiger charge is 2.30. The van der Waals surface area contributed by atoms with Crippen LogP contribution in [0.25, 0.3) is 0 Å². The second-order valence-electron chi connectivity index (χ2n) is 4.91. The lowest BCUT2D eigenvalue weighted by atomic mass is 9.83. The standard InChI is InChI=1S/C12H19NOS/c1-12(10-14)4-2-5-13(9-12)7-11-3-6-15-8-11/h3,6,8,14H,2,4-5,7,9-10H2,1H3. The van der Waals surface area contributed by atoms with E-state index in [4.69, 9.17) is 0 Å². The Balaban J connectivity index is 1.93. The van der Waals surface area contributed by atoms with Crippen molar-refractivity contribution in [2.75, 3.05) is 19.7 Å². The molecule has 1 saturated heterocycles. The molecule has 0 aromatic carbocycles. The number of piperidine rings is 1. The van der Waals surface area contributed by atoms with Crippen molar-refractivity contribution in [2.45, 2.75) is 26.3 Å². The quantitative estimate of drug-likeness (QED) is 0.853. The molecule has 1 aliphatic heterocycles. The van der Waals surface area contributed by atoms with Crippen LogP contribution in [-0.4, -0.2) is 29.7 Å². The molecule has 2 rings (SSSR count). The fourth-order valence-corrected chi connectivity index (χ4v) is 2.99. The van der Waals surface area contributed by atoms with Crippen molar-refractivity contribution < 1.29 is 5.11 Å². The smallest absolute Gasteiger partial charge is 0.0497 e. The lowest BCUT2D eigenvalue weighted by molar-refractivity contribution is 0.0430. The van der Waals surface area contributed by atoms with Crippen molar-refractivity contribution >= 4 is 11.3 Å².